The Morgan fingerprint density at radius 2 is 1.89 bits per heavy atom. The first-order valence-electron chi connectivity index (χ1n) is 12.4. The van der Waals surface area contributed by atoms with Gasteiger partial charge >= 0.3 is 5.97 Å². The number of fused-ring (bicyclic) bond motifs is 2. The molecule has 4 aromatic rings. The number of nitrogens with two attached hydrogens (primary N) is 1. The molecule has 0 aliphatic carbocycles. The van der Waals surface area contributed by atoms with Gasteiger partial charge in [0.2, 0.25) is 5.91 Å². The van der Waals surface area contributed by atoms with Crippen LogP contribution >= 0.6 is 0 Å². The first kappa shape index (κ1) is 24.4. The van der Waals surface area contributed by atoms with Gasteiger partial charge in [0.15, 0.2) is 11.5 Å². The Bertz CT molecular complexity index is 1530. The van der Waals surface area contributed by atoms with E-state index in [1.54, 1.807) is 6.92 Å². The summed E-state index contributed by atoms with van der Waals surface area (Å²) < 4.78 is 1.88. The Kier molecular flexibility index (Phi) is 6.10. The van der Waals surface area contributed by atoms with Crippen LogP contribution < -0.4 is 11.1 Å². The van der Waals surface area contributed by atoms with E-state index in [0.717, 1.165) is 47.2 Å². The highest BCUT2D eigenvalue weighted by Gasteiger charge is 2.47. The number of carbonyl (C=O) groups excluding carboxylic acids is 1. The van der Waals surface area contributed by atoms with E-state index in [1.165, 1.54) is 0 Å². The summed E-state index contributed by atoms with van der Waals surface area (Å²) in [4.78, 5) is 38.2. The van der Waals surface area contributed by atoms with Gasteiger partial charge in [-0.15, -0.1) is 0 Å². The molecule has 37 heavy (non-hydrogen) atoms. The number of unbranched alkanes of at least 4 members (excludes halogenated alkanes) is 1. The van der Waals surface area contributed by atoms with Gasteiger partial charge in [0, 0.05) is 18.7 Å². The Labute approximate surface area is 214 Å². The fraction of sp³-hybridized carbons (Fsp3) is 0.333. The summed E-state index contributed by atoms with van der Waals surface area (Å²) >= 11 is 0. The molecule has 5 rings (SSSR count). The quantitative estimate of drug-likeness (QED) is 0.331. The molecule has 190 valence electrons. The van der Waals surface area contributed by atoms with E-state index in [0.29, 0.717) is 29.3 Å². The lowest BCUT2D eigenvalue weighted by atomic mass is 9.77. The lowest BCUT2D eigenvalue weighted by Gasteiger charge is -2.23. The van der Waals surface area contributed by atoms with Crippen molar-refractivity contribution in [3.8, 4) is 11.5 Å². The number of aryl methyl sites for hydroxylation is 3. The van der Waals surface area contributed by atoms with Crippen molar-refractivity contribution >= 4 is 34.5 Å². The second-order valence-corrected chi connectivity index (χ2v) is 9.57. The number of nitrogen functional groups attached to an aromatic ring is 1. The van der Waals surface area contributed by atoms with Crippen molar-refractivity contribution in [1.29, 1.82) is 0 Å². The fourth-order valence-corrected chi connectivity index (χ4v) is 4.82. The fourth-order valence-electron chi connectivity index (χ4n) is 4.82. The second-order valence-electron chi connectivity index (χ2n) is 9.57. The molecule has 0 saturated heterocycles. The van der Waals surface area contributed by atoms with Crippen LogP contribution in [0.25, 0.3) is 22.6 Å². The molecule has 1 aliphatic heterocycles. The summed E-state index contributed by atoms with van der Waals surface area (Å²) in [6.07, 6.45) is 2.44. The van der Waals surface area contributed by atoms with Gasteiger partial charge in [0.05, 0.1) is 10.9 Å². The Morgan fingerprint density at radius 1 is 1.14 bits per heavy atom. The lowest BCUT2D eigenvalue weighted by Crippen LogP contribution is -2.33. The maximum atomic E-state index is 13.3. The van der Waals surface area contributed by atoms with Crippen molar-refractivity contribution in [2.24, 2.45) is 0 Å². The van der Waals surface area contributed by atoms with Crippen LogP contribution in [0.2, 0.25) is 0 Å². The summed E-state index contributed by atoms with van der Waals surface area (Å²) in [7, 11) is 0. The number of carbonyl (C=O) groups is 2. The van der Waals surface area contributed by atoms with E-state index in [1.807, 2.05) is 48.0 Å². The van der Waals surface area contributed by atoms with Crippen LogP contribution in [0.5, 0.6) is 0 Å². The van der Waals surface area contributed by atoms with Gasteiger partial charge in [-0.3, -0.25) is 9.59 Å². The van der Waals surface area contributed by atoms with Crippen LogP contribution in [0.15, 0.2) is 36.4 Å². The zero-order valence-electron chi connectivity index (χ0n) is 21.1. The number of pyridine rings is 1. The first-order valence-corrected chi connectivity index (χ1v) is 12.4. The van der Waals surface area contributed by atoms with Crippen LogP contribution in [0, 0.1) is 6.92 Å². The third-order valence-electron chi connectivity index (χ3n) is 6.95. The minimum atomic E-state index is -1.09. The molecule has 1 aromatic carbocycles. The summed E-state index contributed by atoms with van der Waals surface area (Å²) in [5.41, 5.74) is 9.74. The van der Waals surface area contributed by atoms with Crippen molar-refractivity contribution in [2.45, 2.75) is 58.4 Å². The molecule has 1 unspecified atom stereocenters. The molecule has 10 nitrogen and oxygen atoms in total. The minimum Gasteiger partial charge on any atom is -0.481 e. The van der Waals surface area contributed by atoms with Crippen molar-refractivity contribution in [1.82, 2.24) is 24.7 Å². The van der Waals surface area contributed by atoms with Crippen LogP contribution in [-0.2, 0) is 28.0 Å². The maximum Gasteiger partial charge on any atom is 0.303 e. The zero-order chi connectivity index (χ0) is 26.3. The number of benzene rings is 1. The maximum absolute atomic E-state index is 13.3. The van der Waals surface area contributed by atoms with Gasteiger partial charge in [0.25, 0.3) is 0 Å². The number of hydrogen-bond acceptors (Lipinski definition) is 7. The average molecular weight is 500 g/mol. The van der Waals surface area contributed by atoms with Crippen molar-refractivity contribution in [3.05, 3.63) is 58.8 Å². The molecular weight excluding hydrogens is 470 g/mol. The number of rotatable bonds is 8. The normalized spacial score (nSPS) is 16.7. The van der Waals surface area contributed by atoms with Crippen LogP contribution in [0.3, 0.4) is 0 Å². The SMILES string of the molecule is CCCCn1nc(-c2nc(N)c3c(n2)NC(=O)C3(C)c2ccc(CCC(=O)O)cc2)c2ccc(C)nc21. The highest BCUT2D eigenvalue weighted by atomic mass is 16.4. The molecule has 0 bridgehead atoms. The third kappa shape index (κ3) is 4.18. The van der Waals surface area contributed by atoms with Gasteiger partial charge in [-0.1, -0.05) is 37.6 Å². The van der Waals surface area contributed by atoms with E-state index < -0.39 is 11.4 Å². The Hall–Kier alpha value is -4.34. The molecule has 0 fully saturated rings. The number of amides is 1. The summed E-state index contributed by atoms with van der Waals surface area (Å²) in [5, 5.41) is 17.4. The van der Waals surface area contributed by atoms with Gasteiger partial charge in [-0.25, -0.2) is 19.6 Å². The Balaban J connectivity index is 1.56. The first-order chi connectivity index (χ1) is 17.7. The summed E-state index contributed by atoms with van der Waals surface area (Å²) in [6.45, 7) is 6.58. The van der Waals surface area contributed by atoms with Crippen molar-refractivity contribution in [2.75, 3.05) is 11.1 Å². The summed E-state index contributed by atoms with van der Waals surface area (Å²) in [6, 6.07) is 11.2. The van der Waals surface area contributed by atoms with E-state index in [-0.39, 0.29) is 18.1 Å². The van der Waals surface area contributed by atoms with Crippen molar-refractivity contribution in [3.63, 3.8) is 0 Å². The molecule has 10 heteroatoms. The molecule has 4 heterocycles. The predicted molar refractivity (Wildman–Crippen MR) is 140 cm³/mol. The molecule has 0 saturated carbocycles. The van der Waals surface area contributed by atoms with Gasteiger partial charge < -0.3 is 16.2 Å². The number of nitrogens with one attached hydrogen (secondary N) is 1. The van der Waals surface area contributed by atoms with E-state index in [4.69, 9.17) is 20.9 Å². The highest BCUT2D eigenvalue weighted by molar-refractivity contribution is 6.09. The molecule has 0 radical (unpaired) electrons. The number of carboxylic acids is 1. The Morgan fingerprint density at radius 3 is 2.59 bits per heavy atom. The molecule has 4 N–H and O–H groups in total. The number of anilines is 2. The average Bonchev–Trinajstić information content (AvgIpc) is 3.36. The third-order valence-corrected chi connectivity index (χ3v) is 6.95. The van der Waals surface area contributed by atoms with E-state index in [9.17, 15) is 9.59 Å². The molecule has 1 atom stereocenters. The number of aromatic nitrogens is 5. The molecule has 1 amide bonds. The number of nitrogens with zero attached hydrogens (tertiary/aromatic N) is 5. The van der Waals surface area contributed by atoms with Crippen LogP contribution in [0.1, 0.15) is 55.5 Å². The number of carboxylic acid groups (broad SMARTS) is 1. The molecular formula is C27H29N7O3. The molecule has 0 spiro atoms. The topological polar surface area (TPSA) is 149 Å². The van der Waals surface area contributed by atoms with Crippen LogP contribution in [0.4, 0.5) is 11.6 Å². The van der Waals surface area contributed by atoms with Gasteiger partial charge in [0.1, 0.15) is 22.7 Å². The summed E-state index contributed by atoms with van der Waals surface area (Å²) in [5.74, 6) is -0.214. The lowest BCUT2D eigenvalue weighted by molar-refractivity contribution is -0.137. The highest BCUT2D eigenvalue weighted by Crippen LogP contribution is 2.45. The minimum absolute atomic E-state index is 0.0431. The number of aliphatic carboxylic acids is 1. The zero-order valence-corrected chi connectivity index (χ0v) is 21.1. The van der Waals surface area contributed by atoms with Gasteiger partial charge in [-0.2, -0.15) is 5.10 Å². The standard InChI is InChI=1S/C27H29N7O3/c1-4-5-14-34-25-18(12-6-15(2)29-25)21(33-34)24-30-22(28)20-23(31-24)32-26(37)27(20,3)17-10-7-16(8-11-17)9-13-19(35)36/h6-8,10-12H,4-5,9,13-14H2,1-3H3,(H,35,36)(H3,28,30,31,32,37). The van der Waals surface area contributed by atoms with Gasteiger partial charge in [-0.05, 0) is 49.9 Å². The molecule has 1 aliphatic rings. The number of hydrogen-bond donors (Lipinski definition) is 3. The monoisotopic (exact) mass is 499 g/mol. The van der Waals surface area contributed by atoms with Crippen molar-refractivity contribution < 1.29 is 14.7 Å². The van der Waals surface area contributed by atoms with Crippen LogP contribution in [-0.4, -0.2) is 41.7 Å². The second kappa shape index (κ2) is 9.27. The predicted octanol–water partition coefficient (Wildman–Crippen LogP) is 3.85. The largest absolute Gasteiger partial charge is 0.481 e. The van der Waals surface area contributed by atoms with E-state index >= 15 is 0 Å². The van der Waals surface area contributed by atoms with E-state index in [2.05, 4.69) is 22.2 Å². The molecule has 3 aromatic heterocycles. The smallest absolute Gasteiger partial charge is 0.303 e.